The van der Waals surface area contributed by atoms with E-state index in [1.807, 2.05) is 6.08 Å². The summed E-state index contributed by atoms with van der Waals surface area (Å²) in [6, 6.07) is 7.69. The van der Waals surface area contributed by atoms with E-state index < -0.39 is 0 Å². The van der Waals surface area contributed by atoms with E-state index in [9.17, 15) is 9.50 Å². The van der Waals surface area contributed by atoms with Crippen LogP contribution in [0.15, 0.2) is 30.3 Å². The van der Waals surface area contributed by atoms with Gasteiger partial charge >= 0.3 is 0 Å². The molecule has 4 heteroatoms. The topological polar surface area (TPSA) is 33.1 Å². The molecule has 0 unspecified atom stereocenters. The van der Waals surface area contributed by atoms with Crippen molar-refractivity contribution in [1.82, 2.24) is 4.98 Å². The van der Waals surface area contributed by atoms with Crippen LogP contribution in [-0.2, 0) is 6.42 Å². The van der Waals surface area contributed by atoms with Crippen LogP contribution >= 0.6 is 11.6 Å². The zero-order valence-electron chi connectivity index (χ0n) is 9.32. The van der Waals surface area contributed by atoms with Gasteiger partial charge in [-0.2, -0.15) is 0 Å². The minimum atomic E-state index is -0.269. The number of rotatable bonds is 1. The summed E-state index contributed by atoms with van der Waals surface area (Å²) in [5.41, 5.74) is 3.15. The second-order valence-electron chi connectivity index (χ2n) is 4.19. The highest BCUT2D eigenvalue weighted by atomic mass is 35.5. The third kappa shape index (κ3) is 1.87. The minimum Gasteiger partial charge on any atom is -0.506 e. The van der Waals surface area contributed by atoms with Gasteiger partial charge in [-0.25, -0.2) is 9.37 Å². The summed E-state index contributed by atoms with van der Waals surface area (Å²) in [7, 11) is 0. The zero-order chi connectivity index (χ0) is 12.7. The van der Waals surface area contributed by atoms with Gasteiger partial charge in [0, 0.05) is 6.42 Å². The van der Waals surface area contributed by atoms with Crippen molar-refractivity contribution in [2.24, 2.45) is 0 Å². The normalized spacial score (nSPS) is 13.3. The first kappa shape index (κ1) is 11.2. The number of aromatic nitrogens is 1. The molecule has 90 valence electrons. The fourth-order valence-corrected chi connectivity index (χ4v) is 2.27. The predicted octanol–water partition coefficient (Wildman–Crippen LogP) is 3.68. The van der Waals surface area contributed by atoms with Gasteiger partial charge in [0.05, 0.1) is 0 Å². The molecule has 0 aliphatic heterocycles. The lowest BCUT2D eigenvalue weighted by Crippen LogP contribution is -1.91. The van der Waals surface area contributed by atoms with Gasteiger partial charge in [0.1, 0.15) is 22.4 Å². The molecule has 2 aromatic rings. The molecular formula is C14H9ClFNO. The van der Waals surface area contributed by atoms with Gasteiger partial charge in [0.25, 0.3) is 0 Å². The number of nitrogens with zero attached hydrogens (tertiary/aromatic N) is 1. The Labute approximate surface area is 108 Å². The Balaban J connectivity index is 2.06. The second kappa shape index (κ2) is 4.10. The van der Waals surface area contributed by atoms with Crippen LogP contribution < -0.4 is 0 Å². The summed E-state index contributed by atoms with van der Waals surface area (Å²) in [5, 5.41) is 10.1. The Kier molecular flexibility index (Phi) is 2.56. The number of hydrogen-bond donors (Lipinski definition) is 1. The molecule has 0 radical (unpaired) electrons. The van der Waals surface area contributed by atoms with Crippen molar-refractivity contribution in [3.8, 4) is 5.75 Å². The van der Waals surface area contributed by atoms with Crippen molar-refractivity contribution in [2.75, 3.05) is 0 Å². The van der Waals surface area contributed by atoms with Crippen LogP contribution in [0.5, 0.6) is 5.75 Å². The maximum Gasteiger partial charge on any atom is 0.141 e. The largest absolute Gasteiger partial charge is 0.506 e. The Morgan fingerprint density at radius 2 is 2.06 bits per heavy atom. The number of halogens is 2. The fraction of sp³-hybridized carbons (Fsp3) is 0.0714. The van der Waals surface area contributed by atoms with E-state index in [-0.39, 0.29) is 11.6 Å². The molecule has 0 fully saturated rings. The Hall–Kier alpha value is -1.87. The van der Waals surface area contributed by atoms with Gasteiger partial charge in [-0.3, -0.25) is 0 Å². The van der Waals surface area contributed by atoms with E-state index in [1.54, 1.807) is 6.07 Å². The number of fused-ring (bicyclic) bond motifs is 1. The maximum absolute atomic E-state index is 13.1. The summed E-state index contributed by atoms with van der Waals surface area (Å²) in [6.07, 6.45) is 2.45. The first-order chi connectivity index (χ1) is 8.63. The zero-order valence-corrected chi connectivity index (χ0v) is 10.1. The molecular weight excluding hydrogens is 253 g/mol. The molecule has 0 saturated heterocycles. The lowest BCUT2D eigenvalue weighted by molar-refractivity contribution is 0.470. The molecule has 1 heterocycles. The van der Waals surface area contributed by atoms with Gasteiger partial charge in [0.15, 0.2) is 0 Å². The third-order valence-corrected chi connectivity index (χ3v) is 3.17. The summed E-state index contributed by atoms with van der Waals surface area (Å²) in [6.45, 7) is 0. The molecule has 1 N–H and O–H groups in total. The fourth-order valence-electron chi connectivity index (χ4n) is 2.12. The maximum atomic E-state index is 13.1. The smallest absolute Gasteiger partial charge is 0.141 e. The monoisotopic (exact) mass is 261 g/mol. The van der Waals surface area contributed by atoms with Gasteiger partial charge in [-0.05, 0) is 47.0 Å². The predicted molar refractivity (Wildman–Crippen MR) is 68.9 cm³/mol. The molecule has 1 aliphatic carbocycles. The van der Waals surface area contributed by atoms with Crippen molar-refractivity contribution in [1.29, 1.82) is 0 Å². The summed E-state index contributed by atoms with van der Waals surface area (Å²) in [4.78, 5) is 4.11. The van der Waals surface area contributed by atoms with E-state index in [1.165, 1.54) is 24.3 Å². The van der Waals surface area contributed by atoms with E-state index in [0.717, 1.165) is 16.7 Å². The van der Waals surface area contributed by atoms with Crippen molar-refractivity contribution >= 4 is 23.3 Å². The molecule has 18 heavy (non-hydrogen) atoms. The lowest BCUT2D eigenvalue weighted by Gasteiger charge is -2.04. The minimum absolute atomic E-state index is 0.0823. The average Bonchev–Trinajstić information content (AvgIpc) is 2.74. The van der Waals surface area contributed by atoms with Crippen LogP contribution in [-0.4, -0.2) is 10.1 Å². The number of allylic oxidation sites excluding steroid dienone is 1. The second-order valence-corrected chi connectivity index (χ2v) is 4.58. The van der Waals surface area contributed by atoms with Crippen LogP contribution in [0.4, 0.5) is 4.39 Å². The number of aromatic hydroxyl groups is 1. The highest BCUT2D eigenvalue weighted by Crippen LogP contribution is 2.35. The van der Waals surface area contributed by atoms with E-state index in [0.29, 0.717) is 17.3 Å². The highest BCUT2D eigenvalue weighted by molar-refractivity contribution is 6.29. The van der Waals surface area contributed by atoms with Gasteiger partial charge in [0.2, 0.25) is 0 Å². The molecule has 2 nitrogen and oxygen atoms in total. The van der Waals surface area contributed by atoms with Crippen molar-refractivity contribution in [3.05, 3.63) is 58.1 Å². The SMILES string of the molecule is Oc1ccc(Cl)nc1C1=Cc2cc(F)ccc2C1. The summed E-state index contributed by atoms with van der Waals surface area (Å²) in [5.74, 6) is -0.187. The van der Waals surface area contributed by atoms with Crippen molar-refractivity contribution in [2.45, 2.75) is 6.42 Å². The molecule has 0 spiro atoms. The molecule has 1 aliphatic rings. The van der Waals surface area contributed by atoms with E-state index >= 15 is 0 Å². The molecule has 1 aromatic carbocycles. The molecule has 0 saturated carbocycles. The van der Waals surface area contributed by atoms with Crippen molar-refractivity contribution in [3.63, 3.8) is 0 Å². The van der Waals surface area contributed by atoms with Gasteiger partial charge in [-0.15, -0.1) is 0 Å². The van der Waals surface area contributed by atoms with Crippen LogP contribution in [0.3, 0.4) is 0 Å². The Morgan fingerprint density at radius 1 is 1.22 bits per heavy atom. The summed E-state index contributed by atoms with van der Waals surface area (Å²) < 4.78 is 13.1. The third-order valence-electron chi connectivity index (χ3n) is 2.96. The summed E-state index contributed by atoms with van der Waals surface area (Å²) >= 11 is 5.82. The first-order valence-corrected chi connectivity index (χ1v) is 5.86. The lowest BCUT2D eigenvalue weighted by atomic mass is 10.1. The first-order valence-electron chi connectivity index (χ1n) is 5.48. The molecule has 0 amide bonds. The molecule has 3 rings (SSSR count). The number of benzene rings is 1. The quantitative estimate of drug-likeness (QED) is 0.795. The van der Waals surface area contributed by atoms with E-state index in [2.05, 4.69) is 4.98 Å². The van der Waals surface area contributed by atoms with Crippen LogP contribution in [0.2, 0.25) is 5.15 Å². The average molecular weight is 262 g/mol. The van der Waals surface area contributed by atoms with Gasteiger partial charge in [-0.1, -0.05) is 17.7 Å². The van der Waals surface area contributed by atoms with Crippen LogP contribution in [0.25, 0.3) is 11.6 Å². The molecule has 0 atom stereocenters. The molecule has 0 bridgehead atoms. The highest BCUT2D eigenvalue weighted by Gasteiger charge is 2.18. The number of hydrogen-bond acceptors (Lipinski definition) is 2. The van der Waals surface area contributed by atoms with Crippen LogP contribution in [0, 0.1) is 5.82 Å². The molecule has 1 aromatic heterocycles. The Morgan fingerprint density at radius 3 is 2.89 bits per heavy atom. The number of pyridine rings is 1. The van der Waals surface area contributed by atoms with Gasteiger partial charge < -0.3 is 5.11 Å². The van der Waals surface area contributed by atoms with Crippen LogP contribution in [0.1, 0.15) is 16.8 Å². The van der Waals surface area contributed by atoms with Crippen molar-refractivity contribution < 1.29 is 9.50 Å². The standard InChI is InChI=1S/C14H9ClFNO/c15-13-4-3-12(18)14(17-13)10-5-8-1-2-11(16)7-9(8)6-10/h1-4,6-7,18H,5H2. The van der Waals surface area contributed by atoms with E-state index in [4.69, 9.17) is 11.6 Å². The Bertz CT molecular complexity index is 667.